The van der Waals surface area contributed by atoms with Crippen LogP contribution < -0.4 is 0 Å². The molecular formula is C17H26O4S. The van der Waals surface area contributed by atoms with E-state index in [1.54, 1.807) is 0 Å². The van der Waals surface area contributed by atoms with Crippen LogP contribution in [0.15, 0.2) is 35.2 Å². The molecule has 0 N–H and O–H groups in total. The van der Waals surface area contributed by atoms with Crippen LogP contribution in [0.25, 0.3) is 0 Å². The molecule has 0 aliphatic carbocycles. The average molecular weight is 326 g/mol. The molecule has 1 aromatic carbocycles. The Morgan fingerprint density at radius 1 is 1.14 bits per heavy atom. The number of hydrogen-bond acceptors (Lipinski definition) is 4. The van der Waals surface area contributed by atoms with Crippen LogP contribution in [0.2, 0.25) is 0 Å². The average Bonchev–Trinajstić information content (AvgIpc) is 2.55. The molecule has 0 saturated heterocycles. The third kappa shape index (κ3) is 7.59. The summed E-state index contributed by atoms with van der Waals surface area (Å²) in [6.07, 6.45) is 4.81. The second-order valence-electron chi connectivity index (χ2n) is 5.19. The summed E-state index contributed by atoms with van der Waals surface area (Å²) in [6, 6.07) is 9.44. The molecule has 0 heterocycles. The van der Waals surface area contributed by atoms with Gasteiger partial charge in [-0.05, 0) is 37.8 Å². The predicted molar refractivity (Wildman–Crippen MR) is 88.4 cm³/mol. The molecule has 0 bridgehead atoms. The lowest BCUT2D eigenvalue weighted by atomic mass is 10.1. The Bertz CT molecular complexity index is 447. The van der Waals surface area contributed by atoms with Crippen LogP contribution in [0.5, 0.6) is 0 Å². The van der Waals surface area contributed by atoms with Crippen LogP contribution in [-0.4, -0.2) is 29.3 Å². The van der Waals surface area contributed by atoms with E-state index in [0.717, 1.165) is 43.4 Å². The number of carbonyl (C=O) groups is 1. The number of hydrogen-bond donors (Lipinski definition) is 0. The Morgan fingerprint density at radius 2 is 1.82 bits per heavy atom. The van der Waals surface area contributed by atoms with Gasteiger partial charge in [-0.1, -0.05) is 38.0 Å². The van der Waals surface area contributed by atoms with Crippen LogP contribution in [0.1, 0.15) is 45.4 Å². The van der Waals surface area contributed by atoms with E-state index in [9.17, 15) is 9.00 Å². The predicted octanol–water partition coefficient (Wildman–Crippen LogP) is 4.31. The normalized spacial score (nSPS) is 13.4. The first-order valence-electron chi connectivity index (χ1n) is 7.85. The van der Waals surface area contributed by atoms with Crippen molar-refractivity contribution in [2.75, 3.05) is 12.9 Å². The molecule has 5 heteroatoms. The van der Waals surface area contributed by atoms with Crippen molar-refractivity contribution >= 4 is 17.0 Å². The Kier molecular flexibility index (Phi) is 9.55. The van der Waals surface area contributed by atoms with E-state index in [2.05, 4.69) is 11.7 Å². The van der Waals surface area contributed by atoms with Crippen molar-refractivity contribution < 1.29 is 18.5 Å². The molecule has 2 unspecified atom stereocenters. The van der Waals surface area contributed by atoms with Crippen LogP contribution in [0, 0.1) is 0 Å². The van der Waals surface area contributed by atoms with E-state index in [1.165, 1.54) is 7.11 Å². The maximum Gasteiger partial charge on any atom is 0.508 e. The number of benzene rings is 1. The molecule has 0 radical (unpaired) electrons. The van der Waals surface area contributed by atoms with Crippen LogP contribution in [0.3, 0.4) is 0 Å². The maximum absolute atomic E-state index is 12.1. The molecule has 0 amide bonds. The van der Waals surface area contributed by atoms with Gasteiger partial charge in [0.25, 0.3) is 0 Å². The number of rotatable bonds is 10. The lowest BCUT2D eigenvalue weighted by molar-refractivity contribution is 0.0296. The first-order chi connectivity index (χ1) is 10.7. The summed E-state index contributed by atoms with van der Waals surface area (Å²) in [6.45, 7) is 2.14. The molecular weight excluding hydrogens is 300 g/mol. The molecule has 0 aliphatic heterocycles. The minimum Gasteiger partial charge on any atom is -0.438 e. The molecule has 0 aliphatic rings. The SMILES string of the molecule is CCCCCC(CCCS(=O)c1ccccc1)OC(=O)OC. The van der Waals surface area contributed by atoms with E-state index in [0.29, 0.717) is 5.75 Å². The van der Waals surface area contributed by atoms with E-state index < -0.39 is 17.0 Å². The number of methoxy groups -OCH3 is 1. The van der Waals surface area contributed by atoms with Crippen molar-refractivity contribution in [1.82, 2.24) is 0 Å². The first-order valence-corrected chi connectivity index (χ1v) is 9.17. The Balaban J connectivity index is 2.38. The largest absolute Gasteiger partial charge is 0.508 e. The van der Waals surface area contributed by atoms with Crippen molar-refractivity contribution in [3.63, 3.8) is 0 Å². The summed E-state index contributed by atoms with van der Waals surface area (Å²) in [5, 5.41) is 0. The highest BCUT2D eigenvalue weighted by Gasteiger charge is 2.15. The van der Waals surface area contributed by atoms with Crippen LogP contribution in [0.4, 0.5) is 4.79 Å². The Hall–Kier alpha value is -1.36. The monoisotopic (exact) mass is 326 g/mol. The molecule has 0 spiro atoms. The van der Waals surface area contributed by atoms with E-state index in [-0.39, 0.29) is 6.10 Å². The lowest BCUT2D eigenvalue weighted by Crippen LogP contribution is -2.19. The molecule has 2 atom stereocenters. The van der Waals surface area contributed by atoms with Gasteiger partial charge in [-0.3, -0.25) is 4.21 Å². The zero-order valence-electron chi connectivity index (χ0n) is 13.5. The zero-order valence-corrected chi connectivity index (χ0v) is 14.3. The fourth-order valence-electron chi connectivity index (χ4n) is 2.20. The molecule has 124 valence electrons. The minimum absolute atomic E-state index is 0.147. The van der Waals surface area contributed by atoms with Crippen LogP contribution >= 0.6 is 0 Å². The summed E-state index contributed by atoms with van der Waals surface area (Å²) >= 11 is 0. The molecule has 1 aromatic rings. The lowest BCUT2D eigenvalue weighted by Gasteiger charge is -2.16. The van der Waals surface area contributed by atoms with E-state index in [4.69, 9.17) is 4.74 Å². The van der Waals surface area contributed by atoms with Crippen molar-refractivity contribution in [2.24, 2.45) is 0 Å². The summed E-state index contributed by atoms with van der Waals surface area (Å²) in [4.78, 5) is 12.1. The van der Waals surface area contributed by atoms with Crippen molar-refractivity contribution in [3.8, 4) is 0 Å². The second-order valence-corrected chi connectivity index (χ2v) is 6.77. The highest BCUT2D eigenvalue weighted by molar-refractivity contribution is 7.85. The molecule has 1 rings (SSSR count). The highest BCUT2D eigenvalue weighted by atomic mass is 32.2. The van der Waals surface area contributed by atoms with Gasteiger partial charge in [0.1, 0.15) is 6.10 Å². The van der Waals surface area contributed by atoms with Gasteiger partial charge in [-0.15, -0.1) is 0 Å². The quantitative estimate of drug-likeness (QED) is 0.475. The third-order valence-corrected chi connectivity index (χ3v) is 4.88. The van der Waals surface area contributed by atoms with Crippen LogP contribution in [-0.2, 0) is 20.3 Å². The number of unbranched alkanes of at least 4 members (excludes halogenated alkanes) is 2. The van der Waals surface area contributed by atoms with Gasteiger partial charge in [-0.2, -0.15) is 0 Å². The topological polar surface area (TPSA) is 52.6 Å². The van der Waals surface area contributed by atoms with Crippen molar-refractivity contribution in [2.45, 2.75) is 56.4 Å². The minimum atomic E-state index is -0.993. The van der Waals surface area contributed by atoms with Gasteiger partial charge in [0.05, 0.1) is 17.9 Å². The summed E-state index contributed by atoms with van der Waals surface area (Å²) in [5.74, 6) is 0.582. The van der Waals surface area contributed by atoms with Crippen molar-refractivity contribution in [3.05, 3.63) is 30.3 Å². The number of carbonyl (C=O) groups excluding carboxylic acids is 1. The first kappa shape index (κ1) is 18.7. The fourth-order valence-corrected chi connectivity index (χ4v) is 3.33. The van der Waals surface area contributed by atoms with E-state index >= 15 is 0 Å². The molecule has 0 saturated carbocycles. The molecule has 22 heavy (non-hydrogen) atoms. The third-order valence-electron chi connectivity index (χ3n) is 3.42. The number of ether oxygens (including phenoxy) is 2. The summed E-state index contributed by atoms with van der Waals surface area (Å²) < 4.78 is 22.0. The summed E-state index contributed by atoms with van der Waals surface area (Å²) in [5.41, 5.74) is 0. The summed E-state index contributed by atoms with van der Waals surface area (Å²) in [7, 11) is 0.322. The zero-order chi connectivity index (χ0) is 16.2. The standard InChI is InChI=1S/C17H26O4S/c1-3-4-6-10-15(21-17(18)20-2)11-9-14-22(19)16-12-7-5-8-13-16/h5,7-8,12-13,15H,3-4,6,9-11,14H2,1-2H3. The van der Waals surface area contributed by atoms with Gasteiger partial charge >= 0.3 is 6.16 Å². The molecule has 0 fully saturated rings. The molecule has 4 nitrogen and oxygen atoms in total. The smallest absolute Gasteiger partial charge is 0.438 e. The maximum atomic E-state index is 12.1. The van der Waals surface area contributed by atoms with E-state index in [1.807, 2.05) is 30.3 Å². The van der Waals surface area contributed by atoms with Gasteiger partial charge < -0.3 is 9.47 Å². The fraction of sp³-hybridized carbons (Fsp3) is 0.588. The molecule has 0 aromatic heterocycles. The second kappa shape index (κ2) is 11.2. The Morgan fingerprint density at radius 3 is 2.45 bits per heavy atom. The Labute approximate surface area is 135 Å². The highest BCUT2D eigenvalue weighted by Crippen LogP contribution is 2.15. The van der Waals surface area contributed by atoms with Gasteiger partial charge in [0.2, 0.25) is 0 Å². The van der Waals surface area contributed by atoms with Gasteiger partial charge in [0.15, 0.2) is 0 Å². The van der Waals surface area contributed by atoms with Gasteiger partial charge in [0, 0.05) is 10.6 Å². The van der Waals surface area contributed by atoms with Crippen molar-refractivity contribution in [1.29, 1.82) is 0 Å². The van der Waals surface area contributed by atoms with Gasteiger partial charge in [-0.25, -0.2) is 4.79 Å².